The number of rotatable bonds is 4. The molecule has 1 unspecified atom stereocenters. The smallest absolute Gasteiger partial charge is 0.261 e. The third-order valence-corrected chi connectivity index (χ3v) is 5.45. The van der Waals surface area contributed by atoms with Crippen LogP contribution < -0.4 is 10.3 Å². The molecule has 2 aromatic carbocycles. The van der Waals surface area contributed by atoms with Crippen molar-refractivity contribution in [3.05, 3.63) is 77.1 Å². The lowest BCUT2D eigenvalue weighted by molar-refractivity contribution is 0.438. The first-order valence-corrected chi connectivity index (χ1v) is 10.3. The molecule has 4 rings (SSSR count). The number of ether oxygens (including phenoxy) is 1. The Morgan fingerprint density at radius 3 is 2.60 bits per heavy atom. The molecule has 0 bridgehead atoms. The number of hydrogen-bond donors (Lipinski definition) is 0. The zero-order chi connectivity index (χ0) is 21.4. The lowest BCUT2D eigenvalue weighted by Gasteiger charge is -2.15. The number of aryl methyl sites for hydroxylation is 1. The molecule has 30 heavy (non-hydrogen) atoms. The third kappa shape index (κ3) is 3.64. The normalized spacial score (nSPS) is 12.2. The Morgan fingerprint density at radius 1 is 1.10 bits per heavy atom. The molecule has 4 aromatic rings. The molecule has 2 heterocycles. The van der Waals surface area contributed by atoms with E-state index < -0.39 is 22.8 Å². The molecule has 6 nitrogen and oxygen atoms in total. The Morgan fingerprint density at radius 2 is 1.87 bits per heavy atom. The van der Waals surface area contributed by atoms with Gasteiger partial charge in [-0.25, -0.2) is 18.7 Å². The van der Waals surface area contributed by atoms with Gasteiger partial charge in [-0.15, -0.1) is 0 Å². The second kappa shape index (κ2) is 7.85. The highest BCUT2D eigenvalue weighted by molar-refractivity contribution is 7.90. The summed E-state index contributed by atoms with van der Waals surface area (Å²) in [4.78, 5) is 21.1. The van der Waals surface area contributed by atoms with Gasteiger partial charge in [0.15, 0.2) is 16.5 Å². The topological polar surface area (TPSA) is 80.1 Å². The number of hydrogen-bond acceptors (Lipinski definition) is 5. The summed E-state index contributed by atoms with van der Waals surface area (Å²) >= 11 is -1.30. The van der Waals surface area contributed by atoms with E-state index in [-0.39, 0.29) is 17.1 Å². The Bertz CT molecular complexity index is 1320. The van der Waals surface area contributed by atoms with Crippen molar-refractivity contribution in [1.82, 2.24) is 14.5 Å². The average Bonchev–Trinajstić information content (AvgIpc) is 2.73. The van der Waals surface area contributed by atoms with Crippen LogP contribution in [0, 0.1) is 11.6 Å². The molecule has 152 valence electrons. The number of benzene rings is 2. The second-order valence-electron chi connectivity index (χ2n) is 6.53. The maximum atomic E-state index is 14.2. The van der Waals surface area contributed by atoms with Gasteiger partial charge >= 0.3 is 0 Å². The van der Waals surface area contributed by atoms with Crippen LogP contribution in [-0.2, 0) is 18.2 Å². The first-order chi connectivity index (χ1) is 14.3. The summed E-state index contributed by atoms with van der Waals surface area (Å²) < 4.78 is 46.6. The van der Waals surface area contributed by atoms with Crippen LogP contribution in [0.2, 0.25) is 0 Å². The first-order valence-electron chi connectivity index (χ1n) is 8.75. The van der Waals surface area contributed by atoms with E-state index in [4.69, 9.17) is 4.74 Å². The summed E-state index contributed by atoms with van der Waals surface area (Å²) in [5.41, 5.74) is 1.05. The SMILES string of the molecule is Cn1cc(-c2cc([S+](C)[O-])ccc2Oc2ccc(F)cc2F)c2ncncc2c1=O. The number of nitrogens with zero attached hydrogens (tertiary/aromatic N) is 3. The predicted molar refractivity (Wildman–Crippen MR) is 109 cm³/mol. The van der Waals surface area contributed by atoms with Gasteiger partial charge in [-0.2, -0.15) is 0 Å². The summed E-state index contributed by atoms with van der Waals surface area (Å²) in [5, 5.41) is 0.291. The Balaban J connectivity index is 1.97. The van der Waals surface area contributed by atoms with E-state index in [0.29, 0.717) is 26.9 Å². The highest BCUT2D eigenvalue weighted by atomic mass is 32.2. The molecule has 2 aromatic heterocycles. The van der Waals surface area contributed by atoms with E-state index >= 15 is 0 Å². The van der Waals surface area contributed by atoms with Crippen molar-refractivity contribution < 1.29 is 18.1 Å². The molecule has 0 saturated carbocycles. The van der Waals surface area contributed by atoms with E-state index in [9.17, 15) is 18.1 Å². The quantitative estimate of drug-likeness (QED) is 0.463. The van der Waals surface area contributed by atoms with Gasteiger partial charge in [0.05, 0.1) is 10.9 Å². The van der Waals surface area contributed by atoms with Crippen molar-refractivity contribution >= 4 is 22.1 Å². The minimum Gasteiger partial charge on any atom is -0.612 e. The first kappa shape index (κ1) is 20.0. The van der Waals surface area contributed by atoms with Crippen LogP contribution in [0.5, 0.6) is 11.5 Å². The van der Waals surface area contributed by atoms with Gasteiger partial charge in [0.2, 0.25) is 0 Å². The number of fused-ring (bicyclic) bond motifs is 1. The van der Waals surface area contributed by atoms with E-state index in [2.05, 4.69) is 9.97 Å². The molecule has 0 radical (unpaired) electrons. The van der Waals surface area contributed by atoms with E-state index in [1.165, 1.54) is 29.4 Å². The van der Waals surface area contributed by atoms with Crippen molar-refractivity contribution in [2.45, 2.75) is 4.90 Å². The Labute approximate surface area is 173 Å². The maximum Gasteiger partial charge on any atom is 0.261 e. The van der Waals surface area contributed by atoms with Crippen LogP contribution in [-0.4, -0.2) is 25.3 Å². The molecule has 1 atom stereocenters. The third-order valence-electron chi connectivity index (χ3n) is 4.53. The van der Waals surface area contributed by atoms with E-state index in [1.54, 1.807) is 31.4 Å². The Kier molecular flexibility index (Phi) is 5.23. The Hall–Kier alpha value is -3.30. The molecule has 0 fully saturated rings. The minimum absolute atomic E-state index is 0.174. The van der Waals surface area contributed by atoms with Crippen LogP contribution in [0.25, 0.3) is 22.0 Å². The lowest BCUT2D eigenvalue weighted by Crippen LogP contribution is -2.17. The molecule has 0 spiro atoms. The fourth-order valence-electron chi connectivity index (χ4n) is 3.07. The zero-order valence-electron chi connectivity index (χ0n) is 15.9. The van der Waals surface area contributed by atoms with Crippen LogP contribution in [0.3, 0.4) is 0 Å². The second-order valence-corrected chi connectivity index (χ2v) is 7.91. The van der Waals surface area contributed by atoms with Gasteiger partial charge in [-0.05, 0) is 35.4 Å². The van der Waals surface area contributed by atoms with Crippen molar-refractivity contribution in [2.24, 2.45) is 7.05 Å². The van der Waals surface area contributed by atoms with Crippen LogP contribution in [0.1, 0.15) is 0 Å². The van der Waals surface area contributed by atoms with Crippen molar-refractivity contribution in [3.8, 4) is 22.6 Å². The van der Waals surface area contributed by atoms with Gasteiger partial charge in [0, 0.05) is 42.7 Å². The van der Waals surface area contributed by atoms with E-state index in [1.807, 2.05) is 0 Å². The maximum absolute atomic E-state index is 14.2. The number of aromatic nitrogens is 3. The molecule has 0 amide bonds. The predicted octanol–water partition coefficient (Wildman–Crippen LogP) is 3.80. The fraction of sp³-hybridized carbons (Fsp3) is 0.0952. The number of halogens is 2. The van der Waals surface area contributed by atoms with E-state index in [0.717, 1.165) is 12.1 Å². The largest absolute Gasteiger partial charge is 0.612 e. The van der Waals surface area contributed by atoms with Crippen LogP contribution in [0.15, 0.2) is 64.8 Å². The summed E-state index contributed by atoms with van der Waals surface area (Å²) in [6.07, 6.45) is 5.83. The summed E-state index contributed by atoms with van der Waals surface area (Å²) in [6, 6.07) is 7.76. The van der Waals surface area contributed by atoms with Crippen molar-refractivity contribution in [3.63, 3.8) is 0 Å². The highest BCUT2D eigenvalue weighted by Gasteiger charge is 2.19. The highest BCUT2D eigenvalue weighted by Crippen LogP contribution is 2.38. The molecule has 0 aliphatic carbocycles. The van der Waals surface area contributed by atoms with Gasteiger partial charge in [0.25, 0.3) is 5.56 Å². The summed E-state index contributed by atoms with van der Waals surface area (Å²) in [7, 11) is 1.58. The standard InChI is InChI=1S/C21H15F2N3O3S/c1-26-10-16(20-15(21(26)27)9-24-11-25-20)14-8-13(30(2)28)4-6-18(14)29-19-5-3-12(22)7-17(19)23/h3-11H,1-2H3. The lowest BCUT2D eigenvalue weighted by atomic mass is 10.0. The fourth-order valence-corrected chi connectivity index (χ4v) is 3.61. The average molecular weight is 427 g/mol. The van der Waals surface area contributed by atoms with Crippen molar-refractivity contribution in [2.75, 3.05) is 6.26 Å². The molecule has 0 N–H and O–H groups in total. The van der Waals surface area contributed by atoms with Crippen LogP contribution >= 0.6 is 0 Å². The minimum atomic E-state index is -1.30. The van der Waals surface area contributed by atoms with Gasteiger partial charge in [-0.3, -0.25) is 4.79 Å². The summed E-state index contributed by atoms with van der Waals surface area (Å²) in [5.74, 6) is -1.53. The summed E-state index contributed by atoms with van der Waals surface area (Å²) in [6.45, 7) is 0. The molecular weight excluding hydrogens is 412 g/mol. The van der Waals surface area contributed by atoms with Crippen molar-refractivity contribution in [1.29, 1.82) is 0 Å². The molecule has 0 aliphatic heterocycles. The molecule has 0 aliphatic rings. The molecular formula is C21H15F2N3O3S. The zero-order valence-corrected chi connectivity index (χ0v) is 16.7. The number of pyridine rings is 1. The monoisotopic (exact) mass is 427 g/mol. The van der Waals surface area contributed by atoms with Crippen LogP contribution in [0.4, 0.5) is 8.78 Å². The molecule has 0 saturated heterocycles. The van der Waals surface area contributed by atoms with Gasteiger partial charge < -0.3 is 13.9 Å². The molecule has 9 heteroatoms. The van der Waals surface area contributed by atoms with Gasteiger partial charge in [-0.1, -0.05) is 0 Å². The van der Waals surface area contributed by atoms with Gasteiger partial charge in [0.1, 0.15) is 24.1 Å².